The first kappa shape index (κ1) is 16.6. The van der Waals surface area contributed by atoms with E-state index in [1.165, 1.54) is 22.7 Å². The first-order valence-corrected chi connectivity index (χ1v) is 10.1. The smallest absolute Gasteiger partial charge is 0.305 e. The number of hydrogen-bond acceptors (Lipinski definition) is 5. The van der Waals surface area contributed by atoms with Gasteiger partial charge in [0, 0.05) is 0 Å². The van der Waals surface area contributed by atoms with E-state index in [0.29, 0.717) is 11.6 Å². The quantitative estimate of drug-likeness (QED) is 0.534. The number of thiazole rings is 2. The number of fused-ring (bicyclic) bond motifs is 2. The molecule has 5 nitrogen and oxygen atoms in total. The Morgan fingerprint density at radius 2 is 2.07 bits per heavy atom. The van der Waals surface area contributed by atoms with E-state index in [0.717, 1.165) is 37.1 Å². The number of amides is 1. The number of aryl methyl sites for hydroxylation is 1. The molecule has 0 unspecified atom stereocenters. The fourth-order valence-corrected chi connectivity index (χ4v) is 4.95. The van der Waals surface area contributed by atoms with Gasteiger partial charge < -0.3 is 10.3 Å². The second-order valence-electron chi connectivity index (χ2n) is 6.67. The van der Waals surface area contributed by atoms with Gasteiger partial charge in [0.2, 0.25) is 5.91 Å². The third-order valence-corrected chi connectivity index (χ3v) is 6.62. The van der Waals surface area contributed by atoms with Crippen LogP contribution >= 0.6 is 22.7 Å². The molecule has 1 aliphatic rings. The molecule has 0 saturated heterocycles. The Morgan fingerprint density at radius 3 is 2.85 bits per heavy atom. The van der Waals surface area contributed by atoms with Gasteiger partial charge in [-0.1, -0.05) is 34.8 Å². The first-order chi connectivity index (χ1) is 13.0. The SMILES string of the molecule is Cc1c(-c2ccc3nc(NC(=O)[C@@H]4C[C@@H]4F)sc3c2)ccc2sc(=O)[nH]c12. The van der Waals surface area contributed by atoms with Crippen LogP contribution in [0.5, 0.6) is 0 Å². The summed E-state index contributed by atoms with van der Waals surface area (Å²) in [7, 11) is 0. The molecule has 0 aliphatic heterocycles. The van der Waals surface area contributed by atoms with Crippen molar-refractivity contribution in [2.24, 2.45) is 5.92 Å². The third kappa shape index (κ3) is 2.85. The Hall–Kier alpha value is -2.58. The molecule has 5 rings (SSSR count). The van der Waals surface area contributed by atoms with E-state index in [4.69, 9.17) is 0 Å². The van der Waals surface area contributed by atoms with Gasteiger partial charge in [0.1, 0.15) is 6.17 Å². The molecule has 4 aromatic rings. The van der Waals surface area contributed by atoms with Crippen molar-refractivity contribution in [1.29, 1.82) is 0 Å². The molecule has 2 aromatic carbocycles. The number of nitrogens with zero attached hydrogens (tertiary/aromatic N) is 1. The average Bonchev–Trinajstić information content (AvgIpc) is 3.05. The van der Waals surface area contributed by atoms with Crippen LogP contribution in [0.15, 0.2) is 35.1 Å². The molecule has 0 spiro atoms. The van der Waals surface area contributed by atoms with Crippen LogP contribution in [0, 0.1) is 12.8 Å². The highest BCUT2D eigenvalue weighted by molar-refractivity contribution is 7.22. The van der Waals surface area contributed by atoms with Gasteiger partial charge in [0.05, 0.1) is 26.4 Å². The van der Waals surface area contributed by atoms with E-state index < -0.39 is 12.1 Å². The van der Waals surface area contributed by atoms with E-state index >= 15 is 0 Å². The molecule has 0 bridgehead atoms. The van der Waals surface area contributed by atoms with E-state index in [9.17, 15) is 14.0 Å². The zero-order chi connectivity index (χ0) is 18.7. The number of carbonyl (C=O) groups excluding carboxylic acids is 1. The van der Waals surface area contributed by atoms with Crippen LogP contribution in [0.25, 0.3) is 31.6 Å². The van der Waals surface area contributed by atoms with Gasteiger partial charge in [-0.05, 0) is 48.2 Å². The number of H-pyrrole nitrogens is 1. The number of hydrogen-bond donors (Lipinski definition) is 2. The molecule has 2 aromatic heterocycles. The van der Waals surface area contributed by atoms with Crippen molar-refractivity contribution < 1.29 is 9.18 Å². The van der Waals surface area contributed by atoms with E-state index in [2.05, 4.69) is 15.3 Å². The molecular formula is C19H14FN3O2S2. The molecular weight excluding hydrogens is 385 g/mol. The topological polar surface area (TPSA) is 74.8 Å². The van der Waals surface area contributed by atoms with Gasteiger partial charge in [-0.15, -0.1) is 0 Å². The second kappa shape index (κ2) is 5.97. The van der Waals surface area contributed by atoms with Gasteiger partial charge in [0.15, 0.2) is 5.13 Å². The summed E-state index contributed by atoms with van der Waals surface area (Å²) in [6, 6.07) is 9.87. The molecule has 2 atom stereocenters. The highest BCUT2D eigenvalue weighted by atomic mass is 32.1. The Bertz CT molecular complexity index is 1270. The van der Waals surface area contributed by atoms with Crippen molar-refractivity contribution in [3.05, 3.63) is 45.6 Å². The Morgan fingerprint density at radius 1 is 1.26 bits per heavy atom. The van der Waals surface area contributed by atoms with Crippen LogP contribution in [0.2, 0.25) is 0 Å². The summed E-state index contributed by atoms with van der Waals surface area (Å²) >= 11 is 2.58. The van der Waals surface area contributed by atoms with Crippen LogP contribution in [0.3, 0.4) is 0 Å². The van der Waals surface area contributed by atoms with Crippen LogP contribution in [-0.4, -0.2) is 22.0 Å². The Labute approximate surface area is 160 Å². The summed E-state index contributed by atoms with van der Waals surface area (Å²) in [6.45, 7) is 1.99. The summed E-state index contributed by atoms with van der Waals surface area (Å²) in [5.41, 5.74) is 4.72. The molecule has 0 radical (unpaired) electrons. The lowest BCUT2D eigenvalue weighted by Crippen LogP contribution is -2.14. The van der Waals surface area contributed by atoms with Crippen LogP contribution in [0.1, 0.15) is 12.0 Å². The van der Waals surface area contributed by atoms with Crippen LogP contribution in [-0.2, 0) is 4.79 Å². The third-order valence-electron chi connectivity index (χ3n) is 4.84. The fraction of sp³-hybridized carbons (Fsp3) is 0.211. The summed E-state index contributed by atoms with van der Waals surface area (Å²) in [5, 5.41) is 3.20. The summed E-state index contributed by atoms with van der Waals surface area (Å²) in [4.78, 5) is 30.8. The second-order valence-corrected chi connectivity index (χ2v) is 8.72. The van der Waals surface area contributed by atoms with E-state index in [-0.39, 0.29) is 10.8 Å². The minimum absolute atomic E-state index is 0.0604. The molecule has 1 fully saturated rings. The van der Waals surface area contributed by atoms with Crippen molar-refractivity contribution in [1.82, 2.24) is 9.97 Å². The molecule has 1 amide bonds. The zero-order valence-corrected chi connectivity index (χ0v) is 15.8. The van der Waals surface area contributed by atoms with Crippen molar-refractivity contribution in [3.63, 3.8) is 0 Å². The maximum atomic E-state index is 13.0. The number of benzene rings is 2. The van der Waals surface area contributed by atoms with E-state index in [1.807, 2.05) is 37.3 Å². The fourth-order valence-electron chi connectivity index (χ4n) is 3.25. The van der Waals surface area contributed by atoms with Crippen molar-refractivity contribution >= 4 is 54.1 Å². The first-order valence-electron chi connectivity index (χ1n) is 8.48. The Kier molecular flexibility index (Phi) is 3.66. The lowest BCUT2D eigenvalue weighted by Gasteiger charge is -2.07. The van der Waals surface area contributed by atoms with E-state index in [1.54, 1.807) is 0 Å². The van der Waals surface area contributed by atoms with Gasteiger partial charge in [-0.2, -0.15) is 0 Å². The molecule has 2 heterocycles. The van der Waals surface area contributed by atoms with Crippen LogP contribution in [0.4, 0.5) is 9.52 Å². The van der Waals surface area contributed by atoms with Crippen LogP contribution < -0.4 is 10.2 Å². The zero-order valence-electron chi connectivity index (χ0n) is 14.2. The van der Waals surface area contributed by atoms with Gasteiger partial charge in [-0.25, -0.2) is 9.37 Å². The highest BCUT2D eigenvalue weighted by Crippen LogP contribution is 2.37. The standard InChI is InChI=1S/C19H14FN3O2S2/c1-8-10(3-5-14-16(8)22-19(25)27-14)9-2-4-13-15(6-9)26-18(21-13)23-17(24)11-7-12(11)20/h2-6,11-12H,7H2,1H3,(H,22,25)(H,21,23,24)/t11-,12+/m1/s1. The summed E-state index contributed by atoms with van der Waals surface area (Å²) in [6.07, 6.45) is -0.722. The summed E-state index contributed by atoms with van der Waals surface area (Å²) < 4.78 is 14.9. The number of halogens is 1. The minimum atomic E-state index is -1.02. The number of nitrogens with one attached hydrogen (secondary N) is 2. The molecule has 27 heavy (non-hydrogen) atoms. The lowest BCUT2D eigenvalue weighted by atomic mass is 10.00. The predicted molar refractivity (Wildman–Crippen MR) is 107 cm³/mol. The average molecular weight is 399 g/mol. The summed E-state index contributed by atoms with van der Waals surface area (Å²) in [5.74, 6) is -0.834. The number of aromatic amines is 1. The number of carbonyl (C=O) groups is 1. The molecule has 2 N–H and O–H groups in total. The molecule has 1 aliphatic carbocycles. The lowest BCUT2D eigenvalue weighted by molar-refractivity contribution is -0.117. The van der Waals surface area contributed by atoms with Crippen molar-refractivity contribution in [2.45, 2.75) is 19.5 Å². The molecule has 1 saturated carbocycles. The van der Waals surface area contributed by atoms with Crippen molar-refractivity contribution in [2.75, 3.05) is 5.32 Å². The normalized spacial score (nSPS) is 18.9. The van der Waals surface area contributed by atoms with Crippen molar-refractivity contribution in [3.8, 4) is 11.1 Å². The van der Waals surface area contributed by atoms with Gasteiger partial charge >= 0.3 is 4.87 Å². The highest BCUT2D eigenvalue weighted by Gasteiger charge is 2.43. The monoisotopic (exact) mass is 399 g/mol. The largest absolute Gasteiger partial charge is 0.312 e. The van der Waals surface area contributed by atoms with Gasteiger partial charge in [0.25, 0.3) is 0 Å². The molecule has 136 valence electrons. The Balaban J connectivity index is 1.52. The number of aromatic nitrogens is 2. The number of rotatable bonds is 3. The predicted octanol–water partition coefficient (Wildman–Crippen LogP) is 4.47. The number of alkyl halides is 1. The molecule has 8 heteroatoms. The minimum Gasteiger partial charge on any atom is -0.312 e. The maximum absolute atomic E-state index is 13.0. The van der Waals surface area contributed by atoms with Gasteiger partial charge in [-0.3, -0.25) is 9.59 Å². The maximum Gasteiger partial charge on any atom is 0.305 e. The number of anilines is 1.